The first kappa shape index (κ1) is 24.6. The predicted octanol–water partition coefficient (Wildman–Crippen LogP) is 5.44. The standard InChI is InChI=1S/C25H23F3N2O4/c1-17(14-18-6-5-7-19(15-18)25(26,27)28)29-23(31)16-33-21-12-10-20(11-13-21)30-24(32)34-22-8-3-2-4-9-22/h2-13,15,17H,14,16H2,1H3,(H,29,31)(H,30,32). The summed E-state index contributed by atoms with van der Waals surface area (Å²) in [6.45, 7) is 1.43. The Labute approximate surface area is 194 Å². The fourth-order valence-corrected chi connectivity index (χ4v) is 3.12. The fourth-order valence-electron chi connectivity index (χ4n) is 3.12. The number of hydrogen-bond donors (Lipinski definition) is 2. The molecule has 0 heterocycles. The van der Waals surface area contributed by atoms with Crippen LogP contribution in [0, 0.1) is 0 Å². The predicted molar refractivity (Wildman–Crippen MR) is 121 cm³/mol. The van der Waals surface area contributed by atoms with Gasteiger partial charge in [0.1, 0.15) is 11.5 Å². The number of ether oxygens (including phenoxy) is 2. The Morgan fingerprint density at radius 3 is 2.29 bits per heavy atom. The molecule has 0 aliphatic heterocycles. The zero-order valence-corrected chi connectivity index (χ0v) is 18.3. The summed E-state index contributed by atoms with van der Waals surface area (Å²) in [6, 6.07) is 19.6. The molecule has 0 spiro atoms. The second-order valence-electron chi connectivity index (χ2n) is 7.51. The number of rotatable bonds is 8. The average Bonchev–Trinajstić information content (AvgIpc) is 2.79. The second kappa shape index (κ2) is 11.2. The lowest BCUT2D eigenvalue weighted by atomic mass is 10.0. The number of nitrogens with one attached hydrogen (secondary N) is 2. The van der Waals surface area contributed by atoms with E-state index in [2.05, 4.69) is 10.6 Å². The summed E-state index contributed by atoms with van der Waals surface area (Å²) in [7, 11) is 0. The molecule has 0 saturated heterocycles. The number of anilines is 1. The summed E-state index contributed by atoms with van der Waals surface area (Å²) < 4.78 is 49.1. The molecule has 6 nitrogen and oxygen atoms in total. The van der Waals surface area contributed by atoms with Crippen LogP contribution >= 0.6 is 0 Å². The molecule has 3 aromatic rings. The SMILES string of the molecule is CC(Cc1cccc(C(F)(F)F)c1)NC(=O)COc1ccc(NC(=O)Oc2ccccc2)cc1. The van der Waals surface area contributed by atoms with Gasteiger partial charge in [-0.2, -0.15) is 13.2 Å². The number of carbonyl (C=O) groups is 2. The van der Waals surface area contributed by atoms with Crippen molar-refractivity contribution in [3.05, 3.63) is 90.0 Å². The van der Waals surface area contributed by atoms with E-state index in [9.17, 15) is 22.8 Å². The third kappa shape index (κ3) is 7.84. The van der Waals surface area contributed by atoms with E-state index in [1.54, 1.807) is 67.6 Å². The molecule has 2 amide bonds. The minimum absolute atomic E-state index is 0.245. The van der Waals surface area contributed by atoms with Gasteiger partial charge in [0.15, 0.2) is 6.61 Å². The molecule has 0 aromatic heterocycles. The maximum Gasteiger partial charge on any atom is 0.417 e. The van der Waals surface area contributed by atoms with Crippen LogP contribution in [0.3, 0.4) is 0 Å². The molecule has 0 bridgehead atoms. The summed E-state index contributed by atoms with van der Waals surface area (Å²) in [4.78, 5) is 24.0. The summed E-state index contributed by atoms with van der Waals surface area (Å²) in [5.41, 5.74) is 0.225. The Hall–Kier alpha value is -4.01. The van der Waals surface area contributed by atoms with Crippen LogP contribution in [-0.2, 0) is 17.4 Å². The van der Waals surface area contributed by atoms with Crippen molar-refractivity contribution in [3.8, 4) is 11.5 Å². The number of amides is 2. The summed E-state index contributed by atoms with van der Waals surface area (Å²) in [5, 5.41) is 5.28. The Morgan fingerprint density at radius 1 is 0.912 bits per heavy atom. The van der Waals surface area contributed by atoms with Crippen LogP contribution in [0.5, 0.6) is 11.5 Å². The summed E-state index contributed by atoms with van der Waals surface area (Å²) >= 11 is 0. The highest BCUT2D eigenvalue weighted by Gasteiger charge is 2.30. The van der Waals surface area contributed by atoms with Crippen molar-refractivity contribution in [1.29, 1.82) is 0 Å². The molecule has 0 aliphatic carbocycles. The monoisotopic (exact) mass is 472 g/mol. The molecule has 0 saturated carbocycles. The van der Waals surface area contributed by atoms with Gasteiger partial charge in [-0.25, -0.2) is 4.79 Å². The lowest BCUT2D eigenvalue weighted by Crippen LogP contribution is -2.37. The number of benzene rings is 3. The number of carbonyl (C=O) groups excluding carboxylic acids is 2. The van der Waals surface area contributed by atoms with Crippen LogP contribution < -0.4 is 20.1 Å². The van der Waals surface area contributed by atoms with Gasteiger partial charge in [0.05, 0.1) is 5.56 Å². The van der Waals surface area contributed by atoms with E-state index >= 15 is 0 Å². The van der Waals surface area contributed by atoms with E-state index in [1.807, 2.05) is 0 Å². The molecular formula is C25H23F3N2O4. The molecule has 3 rings (SSSR count). The third-order valence-electron chi connectivity index (χ3n) is 4.63. The summed E-state index contributed by atoms with van der Waals surface area (Å²) in [5.74, 6) is 0.407. The van der Waals surface area contributed by atoms with E-state index in [0.29, 0.717) is 22.7 Å². The quantitative estimate of drug-likeness (QED) is 0.458. The van der Waals surface area contributed by atoms with Crippen molar-refractivity contribution in [3.63, 3.8) is 0 Å². The zero-order valence-electron chi connectivity index (χ0n) is 18.3. The van der Waals surface area contributed by atoms with E-state index in [4.69, 9.17) is 9.47 Å². The van der Waals surface area contributed by atoms with Crippen molar-refractivity contribution >= 4 is 17.7 Å². The van der Waals surface area contributed by atoms with Crippen LogP contribution in [0.2, 0.25) is 0 Å². The van der Waals surface area contributed by atoms with Gasteiger partial charge in [-0.1, -0.05) is 36.4 Å². The minimum Gasteiger partial charge on any atom is -0.484 e. The van der Waals surface area contributed by atoms with Gasteiger partial charge in [-0.05, 0) is 61.4 Å². The van der Waals surface area contributed by atoms with Crippen molar-refractivity contribution in [1.82, 2.24) is 5.32 Å². The molecular weight excluding hydrogens is 449 g/mol. The first-order chi connectivity index (χ1) is 16.2. The lowest BCUT2D eigenvalue weighted by Gasteiger charge is -2.15. The maximum absolute atomic E-state index is 12.8. The van der Waals surface area contributed by atoms with Crippen LogP contribution in [0.4, 0.5) is 23.7 Å². The maximum atomic E-state index is 12.8. The molecule has 0 fully saturated rings. The van der Waals surface area contributed by atoms with Crippen molar-refractivity contribution < 1.29 is 32.2 Å². The van der Waals surface area contributed by atoms with Gasteiger partial charge in [-0.3, -0.25) is 10.1 Å². The van der Waals surface area contributed by atoms with Crippen molar-refractivity contribution in [2.75, 3.05) is 11.9 Å². The van der Waals surface area contributed by atoms with Crippen molar-refractivity contribution in [2.45, 2.75) is 25.6 Å². The van der Waals surface area contributed by atoms with Gasteiger partial charge in [0.25, 0.3) is 5.91 Å². The number of hydrogen-bond acceptors (Lipinski definition) is 4. The molecule has 3 aromatic carbocycles. The van der Waals surface area contributed by atoms with Crippen LogP contribution in [0.25, 0.3) is 0 Å². The Morgan fingerprint density at radius 2 is 1.62 bits per heavy atom. The molecule has 178 valence electrons. The largest absolute Gasteiger partial charge is 0.484 e. The van der Waals surface area contributed by atoms with Crippen LogP contribution in [0.1, 0.15) is 18.1 Å². The van der Waals surface area contributed by atoms with Gasteiger partial charge in [0, 0.05) is 11.7 Å². The van der Waals surface area contributed by atoms with Crippen molar-refractivity contribution in [2.24, 2.45) is 0 Å². The topological polar surface area (TPSA) is 76.7 Å². The van der Waals surface area contributed by atoms with Crippen LogP contribution in [-0.4, -0.2) is 24.6 Å². The zero-order chi connectivity index (χ0) is 24.6. The van der Waals surface area contributed by atoms with Gasteiger partial charge >= 0.3 is 12.3 Å². The van der Waals surface area contributed by atoms with E-state index in [-0.39, 0.29) is 19.1 Å². The highest BCUT2D eigenvalue weighted by atomic mass is 19.4. The minimum atomic E-state index is -4.41. The highest BCUT2D eigenvalue weighted by molar-refractivity contribution is 5.86. The molecule has 34 heavy (non-hydrogen) atoms. The number of para-hydroxylation sites is 1. The van der Waals surface area contributed by atoms with Gasteiger partial charge in [-0.15, -0.1) is 0 Å². The van der Waals surface area contributed by atoms with Gasteiger partial charge < -0.3 is 14.8 Å². The molecule has 1 atom stereocenters. The Bertz CT molecular complexity index is 1100. The van der Waals surface area contributed by atoms with Crippen LogP contribution in [0.15, 0.2) is 78.9 Å². The molecule has 2 N–H and O–H groups in total. The molecule has 9 heteroatoms. The lowest BCUT2D eigenvalue weighted by molar-refractivity contribution is -0.137. The van der Waals surface area contributed by atoms with E-state index in [1.165, 1.54) is 6.07 Å². The number of halogens is 3. The highest BCUT2D eigenvalue weighted by Crippen LogP contribution is 2.29. The average molecular weight is 472 g/mol. The molecule has 0 radical (unpaired) electrons. The van der Waals surface area contributed by atoms with E-state index < -0.39 is 23.7 Å². The van der Waals surface area contributed by atoms with Gasteiger partial charge in [0.2, 0.25) is 0 Å². The Balaban J connectivity index is 1.42. The first-order valence-corrected chi connectivity index (χ1v) is 10.4. The summed E-state index contributed by atoms with van der Waals surface area (Å²) in [6.07, 6.45) is -4.81. The van der Waals surface area contributed by atoms with E-state index in [0.717, 1.165) is 12.1 Å². The second-order valence-corrected chi connectivity index (χ2v) is 7.51. The normalized spacial score (nSPS) is 11.9. The molecule has 0 aliphatic rings. The smallest absolute Gasteiger partial charge is 0.417 e. The molecule has 1 unspecified atom stereocenters. The third-order valence-corrected chi connectivity index (χ3v) is 4.63. The fraction of sp³-hybridized carbons (Fsp3) is 0.200. The first-order valence-electron chi connectivity index (χ1n) is 10.4. The Kier molecular flexibility index (Phi) is 8.13. The number of alkyl halides is 3.